The monoisotopic (exact) mass is 442 g/mol. The molecule has 32 heavy (non-hydrogen) atoms. The SMILES string of the molecule is C=C1/C(=C\C=C2/CCC[C@@]3(C)C2CC[C@@H]3[C@H](C)/C=C2\CC[C@@](C)(O)C2O)C[C@@H](O)C[C@@H]1O. The zero-order valence-electron chi connectivity index (χ0n) is 20.1. The zero-order valence-corrected chi connectivity index (χ0v) is 20.1. The van der Waals surface area contributed by atoms with E-state index >= 15 is 0 Å². The third kappa shape index (κ3) is 4.32. The minimum atomic E-state index is -0.994. The van der Waals surface area contributed by atoms with Gasteiger partial charge in [-0.25, -0.2) is 0 Å². The van der Waals surface area contributed by atoms with Crippen LogP contribution in [0, 0.1) is 23.2 Å². The van der Waals surface area contributed by atoms with Gasteiger partial charge in [-0.1, -0.05) is 44.2 Å². The molecule has 4 rings (SSSR count). The third-order valence-electron chi connectivity index (χ3n) is 9.27. The van der Waals surface area contributed by atoms with Crippen LogP contribution in [0.15, 0.2) is 47.1 Å². The van der Waals surface area contributed by atoms with Gasteiger partial charge < -0.3 is 20.4 Å². The van der Waals surface area contributed by atoms with E-state index < -0.39 is 23.9 Å². The molecular weight excluding hydrogens is 400 g/mol. The molecule has 178 valence electrons. The number of hydrogen-bond donors (Lipinski definition) is 4. The first kappa shape index (κ1) is 23.9. The highest BCUT2D eigenvalue weighted by atomic mass is 16.3. The van der Waals surface area contributed by atoms with Gasteiger partial charge in [0.15, 0.2) is 0 Å². The van der Waals surface area contributed by atoms with Gasteiger partial charge in [0, 0.05) is 6.42 Å². The van der Waals surface area contributed by atoms with Crippen LogP contribution in [0.3, 0.4) is 0 Å². The van der Waals surface area contributed by atoms with Crippen molar-refractivity contribution >= 4 is 0 Å². The lowest BCUT2D eigenvalue weighted by Gasteiger charge is -2.44. The van der Waals surface area contributed by atoms with Gasteiger partial charge in [0.05, 0.1) is 17.8 Å². The summed E-state index contributed by atoms with van der Waals surface area (Å²) in [5, 5.41) is 41.1. The lowest BCUT2D eigenvalue weighted by molar-refractivity contribution is -0.0265. The van der Waals surface area contributed by atoms with E-state index in [2.05, 4.69) is 38.7 Å². The Hall–Kier alpha value is -1.20. The van der Waals surface area contributed by atoms with Gasteiger partial charge in [0.2, 0.25) is 0 Å². The van der Waals surface area contributed by atoms with Gasteiger partial charge in [-0.15, -0.1) is 0 Å². The Balaban J connectivity index is 1.53. The second-order valence-corrected chi connectivity index (χ2v) is 11.5. The molecule has 4 nitrogen and oxygen atoms in total. The standard InChI is InChI=1S/C28H42O4/c1-17(14-21-11-13-28(4,32)26(21)31)23-9-10-24-19(6-5-12-27(23,24)3)7-8-20-15-22(29)16-25(30)18(20)2/h7-8,14,17,22-26,29-32H,2,5-6,9-13,15-16H2,1,3-4H3/b19-7+,20-8-,21-14+/t17-,22-,23-,24?,25+,26?,27-,28-/m1/s1. The number of aliphatic hydroxyl groups excluding tert-OH is 3. The van der Waals surface area contributed by atoms with E-state index in [4.69, 9.17) is 0 Å². The smallest absolute Gasteiger partial charge is 0.103 e. The van der Waals surface area contributed by atoms with Crippen molar-refractivity contribution < 1.29 is 20.4 Å². The maximum Gasteiger partial charge on any atom is 0.103 e. The van der Waals surface area contributed by atoms with Crippen LogP contribution in [0.1, 0.15) is 78.6 Å². The Morgan fingerprint density at radius 3 is 2.47 bits per heavy atom. The first-order valence-electron chi connectivity index (χ1n) is 12.6. The quantitative estimate of drug-likeness (QED) is 0.482. The summed E-state index contributed by atoms with van der Waals surface area (Å²) in [6.45, 7) is 10.5. The summed E-state index contributed by atoms with van der Waals surface area (Å²) < 4.78 is 0. The van der Waals surface area contributed by atoms with Crippen LogP contribution in [0.4, 0.5) is 0 Å². The highest BCUT2D eigenvalue weighted by Crippen LogP contribution is 2.59. The van der Waals surface area contributed by atoms with Crippen molar-refractivity contribution in [2.45, 2.75) is 102 Å². The van der Waals surface area contributed by atoms with Crippen molar-refractivity contribution in [3.05, 3.63) is 47.1 Å². The van der Waals surface area contributed by atoms with Crippen molar-refractivity contribution in [3.8, 4) is 0 Å². The molecule has 4 N–H and O–H groups in total. The van der Waals surface area contributed by atoms with Crippen LogP contribution in [0.2, 0.25) is 0 Å². The fourth-order valence-electron chi connectivity index (χ4n) is 7.31. The molecule has 0 heterocycles. The number of fused-ring (bicyclic) bond motifs is 1. The van der Waals surface area contributed by atoms with E-state index in [0.717, 1.165) is 29.6 Å². The summed E-state index contributed by atoms with van der Waals surface area (Å²) in [6, 6.07) is 0. The van der Waals surface area contributed by atoms with Crippen molar-refractivity contribution in [2.75, 3.05) is 0 Å². The van der Waals surface area contributed by atoms with E-state index in [1.807, 2.05) is 0 Å². The van der Waals surface area contributed by atoms with Crippen molar-refractivity contribution in [1.82, 2.24) is 0 Å². The molecule has 0 amide bonds. The predicted octanol–water partition coefficient (Wildman–Crippen LogP) is 4.60. The maximum atomic E-state index is 10.5. The molecule has 0 aromatic carbocycles. The fourth-order valence-corrected chi connectivity index (χ4v) is 7.31. The van der Waals surface area contributed by atoms with E-state index in [1.54, 1.807) is 6.92 Å². The van der Waals surface area contributed by atoms with E-state index in [0.29, 0.717) is 37.0 Å². The van der Waals surface area contributed by atoms with Crippen LogP contribution in [0.25, 0.3) is 0 Å². The zero-order chi connectivity index (χ0) is 23.3. The molecule has 0 bridgehead atoms. The van der Waals surface area contributed by atoms with E-state index in [9.17, 15) is 20.4 Å². The van der Waals surface area contributed by atoms with Gasteiger partial charge in [-0.05, 0) is 98.2 Å². The maximum absolute atomic E-state index is 10.5. The number of aliphatic hydroxyl groups is 4. The largest absolute Gasteiger partial charge is 0.393 e. The summed E-state index contributed by atoms with van der Waals surface area (Å²) in [7, 11) is 0. The molecule has 0 radical (unpaired) electrons. The van der Waals surface area contributed by atoms with Crippen LogP contribution < -0.4 is 0 Å². The average Bonchev–Trinajstić information content (AvgIpc) is 3.21. The summed E-state index contributed by atoms with van der Waals surface area (Å²) in [4.78, 5) is 0. The van der Waals surface area contributed by atoms with Crippen molar-refractivity contribution in [2.24, 2.45) is 23.2 Å². The number of hydrogen-bond acceptors (Lipinski definition) is 4. The molecule has 8 atom stereocenters. The first-order chi connectivity index (χ1) is 15.0. The highest BCUT2D eigenvalue weighted by Gasteiger charge is 2.50. The fraction of sp³-hybridized carbons (Fsp3) is 0.714. The van der Waals surface area contributed by atoms with Gasteiger partial charge in [-0.3, -0.25) is 0 Å². The van der Waals surface area contributed by atoms with Crippen molar-refractivity contribution in [1.29, 1.82) is 0 Å². The molecule has 4 aliphatic carbocycles. The van der Waals surface area contributed by atoms with Crippen LogP contribution in [0.5, 0.6) is 0 Å². The average molecular weight is 443 g/mol. The molecule has 0 spiro atoms. The molecule has 0 aromatic heterocycles. The first-order valence-corrected chi connectivity index (χ1v) is 12.6. The molecule has 4 saturated carbocycles. The van der Waals surface area contributed by atoms with Gasteiger partial charge in [-0.2, -0.15) is 0 Å². The van der Waals surface area contributed by atoms with Crippen molar-refractivity contribution in [3.63, 3.8) is 0 Å². The van der Waals surface area contributed by atoms with Gasteiger partial charge in [0.1, 0.15) is 6.10 Å². The minimum absolute atomic E-state index is 0.244. The third-order valence-corrected chi connectivity index (χ3v) is 9.27. The second kappa shape index (κ2) is 8.87. The van der Waals surface area contributed by atoms with Crippen LogP contribution in [-0.2, 0) is 0 Å². The van der Waals surface area contributed by atoms with Gasteiger partial charge >= 0.3 is 0 Å². The molecule has 4 fully saturated rings. The number of rotatable bonds is 3. The normalized spacial score (nSPS) is 47.4. The molecule has 0 aromatic rings. The summed E-state index contributed by atoms with van der Waals surface area (Å²) >= 11 is 0. The Morgan fingerprint density at radius 2 is 1.78 bits per heavy atom. The lowest BCUT2D eigenvalue weighted by Crippen LogP contribution is -2.36. The molecule has 4 aliphatic rings. The Labute approximate surface area is 193 Å². The molecule has 0 aliphatic heterocycles. The Morgan fingerprint density at radius 1 is 1.03 bits per heavy atom. The van der Waals surface area contributed by atoms with Crippen LogP contribution >= 0.6 is 0 Å². The molecule has 4 heteroatoms. The predicted molar refractivity (Wildman–Crippen MR) is 128 cm³/mol. The molecule has 0 saturated heterocycles. The minimum Gasteiger partial charge on any atom is -0.393 e. The Kier molecular flexibility index (Phi) is 6.63. The van der Waals surface area contributed by atoms with Gasteiger partial charge in [0.25, 0.3) is 0 Å². The summed E-state index contributed by atoms with van der Waals surface area (Å²) in [5.74, 6) is 1.51. The Bertz CT molecular complexity index is 834. The van der Waals surface area contributed by atoms with Crippen LogP contribution in [-0.4, -0.2) is 44.3 Å². The molecular formula is C28H42O4. The van der Waals surface area contributed by atoms with E-state index in [1.165, 1.54) is 31.3 Å². The lowest BCUT2D eigenvalue weighted by atomic mass is 9.61. The second-order valence-electron chi connectivity index (χ2n) is 11.5. The summed E-state index contributed by atoms with van der Waals surface area (Å²) in [6.07, 6.45) is 13.0. The van der Waals surface area contributed by atoms with E-state index in [-0.39, 0.29) is 5.41 Å². The highest BCUT2D eigenvalue weighted by molar-refractivity contribution is 5.38. The molecule has 2 unspecified atom stereocenters. The topological polar surface area (TPSA) is 80.9 Å². The number of allylic oxidation sites excluding steroid dienone is 4. The summed E-state index contributed by atoms with van der Waals surface area (Å²) in [5.41, 5.74) is 3.49.